The van der Waals surface area contributed by atoms with Crippen LogP contribution in [0.2, 0.25) is 0 Å². The zero-order chi connectivity index (χ0) is 14.0. The van der Waals surface area contributed by atoms with E-state index in [-0.39, 0.29) is 0 Å². The second kappa shape index (κ2) is 5.91. The molecule has 2 rings (SSSR count). The third-order valence-electron chi connectivity index (χ3n) is 3.55. The Labute approximate surface area is 123 Å². The van der Waals surface area contributed by atoms with Crippen molar-refractivity contribution < 1.29 is 0 Å². The summed E-state index contributed by atoms with van der Waals surface area (Å²) in [6.07, 6.45) is 1.97. The summed E-state index contributed by atoms with van der Waals surface area (Å²) in [6.45, 7) is 9.57. The normalized spacial score (nSPS) is 11.0. The number of hydrogen-bond acceptors (Lipinski definition) is 2. The number of nitrogens with zero attached hydrogens (tertiary/aromatic N) is 1. The summed E-state index contributed by atoms with van der Waals surface area (Å²) in [4.78, 5) is 4.89. The van der Waals surface area contributed by atoms with Crippen LogP contribution in [-0.4, -0.2) is 11.5 Å². The lowest BCUT2D eigenvalue weighted by molar-refractivity contribution is 1.02. The van der Waals surface area contributed by atoms with Crippen LogP contribution in [0.3, 0.4) is 0 Å². The van der Waals surface area contributed by atoms with E-state index < -0.39 is 0 Å². The molecule has 0 unspecified atom stereocenters. The highest BCUT2D eigenvalue weighted by atomic mass is 79.9. The van der Waals surface area contributed by atoms with Crippen LogP contribution in [0.5, 0.6) is 0 Å². The quantitative estimate of drug-likeness (QED) is 0.869. The number of benzene rings is 1. The van der Waals surface area contributed by atoms with Crippen LogP contribution in [0.15, 0.2) is 16.6 Å². The molecule has 0 saturated carbocycles. The Hall–Kier alpha value is -1.09. The fourth-order valence-corrected chi connectivity index (χ4v) is 3.07. The maximum Gasteiger partial charge on any atom is 0.0758 e. The average Bonchev–Trinajstić information content (AvgIpc) is 2.41. The predicted molar refractivity (Wildman–Crippen MR) is 87.1 cm³/mol. The number of nitrogens with one attached hydrogen (secondary N) is 1. The van der Waals surface area contributed by atoms with Gasteiger partial charge in [-0.3, -0.25) is 4.98 Å². The van der Waals surface area contributed by atoms with Crippen molar-refractivity contribution in [2.24, 2.45) is 0 Å². The molecule has 0 bridgehead atoms. The summed E-state index contributed by atoms with van der Waals surface area (Å²) >= 11 is 3.61. The molecule has 2 aromatic rings. The summed E-state index contributed by atoms with van der Waals surface area (Å²) in [7, 11) is 0. The molecule has 0 saturated heterocycles. The van der Waals surface area contributed by atoms with Gasteiger partial charge in [0.25, 0.3) is 0 Å². The third kappa shape index (κ3) is 2.62. The summed E-state index contributed by atoms with van der Waals surface area (Å²) in [5.74, 6) is 0. The van der Waals surface area contributed by atoms with Crippen LogP contribution in [0.25, 0.3) is 10.9 Å². The highest BCUT2D eigenvalue weighted by Gasteiger charge is 2.13. The molecule has 0 amide bonds. The van der Waals surface area contributed by atoms with Gasteiger partial charge in [0.15, 0.2) is 0 Å². The van der Waals surface area contributed by atoms with Crippen LogP contribution in [-0.2, 0) is 12.8 Å². The molecule has 1 heterocycles. The van der Waals surface area contributed by atoms with Gasteiger partial charge in [-0.2, -0.15) is 0 Å². The second-order valence-corrected chi connectivity index (χ2v) is 5.67. The lowest BCUT2D eigenvalue weighted by Crippen LogP contribution is -2.05. The van der Waals surface area contributed by atoms with Gasteiger partial charge in [0.1, 0.15) is 0 Å². The molecule has 0 radical (unpaired) electrons. The van der Waals surface area contributed by atoms with Crippen molar-refractivity contribution in [2.75, 3.05) is 11.9 Å². The molecule has 0 aliphatic rings. The molecule has 1 N–H and O–H groups in total. The number of aromatic nitrogens is 1. The molecular weight excluding hydrogens is 300 g/mol. The van der Waals surface area contributed by atoms with E-state index in [2.05, 4.69) is 61.1 Å². The molecule has 1 aromatic carbocycles. The average molecular weight is 321 g/mol. The van der Waals surface area contributed by atoms with E-state index in [1.807, 2.05) is 0 Å². The first-order chi connectivity index (χ1) is 9.12. The molecular formula is C16H21BrN2. The number of anilines is 1. The van der Waals surface area contributed by atoms with Crippen LogP contribution in [0.1, 0.15) is 37.6 Å². The van der Waals surface area contributed by atoms with Crippen molar-refractivity contribution in [2.45, 2.75) is 40.5 Å². The van der Waals surface area contributed by atoms with E-state index in [9.17, 15) is 0 Å². The van der Waals surface area contributed by atoms with Crippen molar-refractivity contribution in [1.29, 1.82) is 0 Å². The largest absolute Gasteiger partial charge is 0.385 e. The van der Waals surface area contributed by atoms with Gasteiger partial charge in [0.05, 0.1) is 5.52 Å². The number of hydrogen-bond donors (Lipinski definition) is 1. The Morgan fingerprint density at radius 1 is 1.16 bits per heavy atom. The van der Waals surface area contributed by atoms with E-state index in [1.54, 1.807) is 0 Å². The third-order valence-corrected chi connectivity index (χ3v) is 4.00. The van der Waals surface area contributed by atoms with E-state index >= 15 is 0 Å². The molecule has 0 fully saturated rings. The van der Waals surface area contributed by atoms with Gasteiger partial charge in [0.2, 0.25) is 0 Å². The summed E-state index contributed by atoms with van der Waals surface area (Å²) in [5.41, 5.74) is 6.15. The summed E-state index contributed by atoms with van der Waals surface area (Å²) in [6, 6.07) is 4.35. The first-order valence-corrected chi connectivity index (χ1v) is 7.77. The minimum atomic E-state index is 0.928. The van der Waals surface area contributed by atoms with Crippen LogP contribution in [0.4, 0.5) is 5.69 Å². The molecule has 102 valence electrons. The topological polar surface area (TPSA) is 24.9 Å². The Morgan fingerprint density at radius 3 is 2.47 bits per heavy atom. The fraction of sp³-hybridized carbons (Fsp3) is 0.438. The highest BCUT2D eigenvalue weighted by molar-refractivity contribution is 9.10. The van der Waals surface area contributed by atoms with Crippen molar-refractivity contribution in [3.8, 4) is 0 Å². The molecule has 3 heteroatoms. The lowest BCUT2D eigenvalue weighted by atomic mass is 10.0. The van der Waals surface area contributed by atoms with E-state index in [0.29, 0.717) is 0 Å². The standard InChI is InChI=1S/C16H21BrN2/c1-5-11-8-12(17)9-13-15(18-7-3)10(4)14(6-2)19-16(11)13/h8-9H,5-7H2,1-4H3,(H,18,19). The van der Waals surface area contributed by atoms with Crippen LogP contribution < -0.4 is 5.32 Å². The number of aryl methyl sites for hydroxylation is 2. The summed E-state index contributed by atoms with van der Waals surface area (Å²) in [5, 5.41) is 4.74. The van der Waals surface area contributed by atoms with Gasteiger partial charge in [-0.25, -0.2) is 0 Å². The predicted octanol–water partition coefficient (Wildman–Crippen LogP) is 4.86. The number of fused-ring (bicyclic) bond motifs is 1. The molecule has 0 aliphatic heterocycles. The highest BCUT2D eigenvalue weighted by Crippen LogP contribution is 2.33. The fourth-order valence-electron chi connectivity index (χ4n) is 2.56. The Balaban J connectivity index is 2.86. The van der Waals surface area contributed by atoms with Crippen molar-refractivity contribution >= 4 is 32.5 Å². The van der Waals surface area contributed by atoms with Crippen LogP contribution >= 0.6 is 15.9 Å². The SMILES string of the molecule is CCNc1c(C)c(CC)nc2c(CC)cc(Br)cc12. The van der Waals surface area contributed by atoms with E-state index in [4.69, 9.17) is 4.98 Å². The van der Waals surface area contributed by atoms with Gasteiger partial charge in [-0.05, 0) is 49.9 Å². The van der Waals surface area contributed by atoms with Crippen molar-refractivity contribution in [3.05, 3.63) is 33.4 Å². The summed E-state index contributed by atoms with van der Waals surface area (Å²) < 4.78 is 1.13. The van der Waals surface area contributed by atoms with Gasteiger partial charge in [-0.15, -0.1) is 0 Å². The zero-order valence-corrected chi connectivity index (χ0v) is 13.7. The first kappa shape index (κ1) is 14.3. The number of pyridine rings is 1. The zero-order valence-electron chi connectivity index (χ0n) is 12.1. The first-order valence-electron chi connectivity index (χ1n) is 6.97. The van der Waals surface area contributed by atoms with Crippen molar-refractivity contribution in [3.63, 3.8) is 0 Å². The van der Waals surface area contributed by atoms with Gasteiger partial charge < -0.3 is 5.32 Å². The van der Waals surface area contributed by atoms with Gasteiger partial charge in [0, 0.05) is 27.8 Å². The van der Waals surface area contributed by atoms with Gasteiger partial charge >= 0.3 is 0 Å². The van der Waals surface area contributed by atoms with E-state index in [1.165, 1.54) is 27.9 Å². The smallest absolute Gasteiger partial charge is 0.0758 e. The lowest BCUT2D eigenvalue weighted by Gasteiger charge is -2.16. The molecule has 2 nitrogen and oxygen atoms in total. The molecule has 0 aliphatic carbocycles. The molecule has 19 heavy (non-hydrogen) atoms. The van der Waals surface area contributed by atoms with Gasteiger partial charge in [-0.1, -0.05) is 29.8 Å². The number of halogens is 1. The minimum Gasteiger partial charge on any atom is -0.385 e. The number of rotatable bonds is 4. The maximum atomic E-state index is 4.89. The minimum absolute atomic E-state index is 0.928. The Bertz CT molecular complexity index is 605. The van der Waals surface area contributed by atoms with Crippen molar-refractivity contribution in [1.82, 2.24) is 4.98 Å². The molecule has 0 atom stereocenters. The monoisotopic (exact) mass is 320 g/mol. The Kier molecular flexibility index (Phi) is 4.46. The second-order valence-electron chi connectivity index (χ2n) is 4.76. The van der Waals surface area contributed by atoms with E-state index in [0.717, 1.165) is 29.4 Å². The molecule has 0 spiro atoms. The maximum absolute atomic E-state index is 4.89. The van der Waals surface area contributed by atoms with Crippen LogP contribution in [0, 0.1) is 6.92 Å². The Morgan fingerprint density at radius 2 is 1.89 bits per heavy atom. The molecule has 1 aromatic heterocycles.